The molecule has 4 atom stereocenters. The van der Waals surface area contributed by atoms with E-state index in [9.17, 15) is 24.3 Å². The largest absolute Gasteiger partial charge is 0.480 e. The Morgan fingerprint density at radius 3 is 2.31 bits per heavy atom. The molecule has 1 aliphatic rings. The van der Waals surface area contributed by atoms with E-state index in [1.54, 1.807) is 0 Å². The third kappa shape index (κ3) is 8.59. The molecule has 0 aromatic rings. The minimum absolute atomic E-state index is 0.0956. The highest BCUT2D eigenvalue weighted by atomic mass is 32.2. The normalized spacial score (nSPS) is 18.8. The zero-order valence-corrected chi connectivity index (χ0v) is 20.2. The summed E-state index contributed by atoms with van der Waals surface area (Å²) in [7, 11) is 0. The van der Waals surface area contributed by atoms with E-state index in [1.165, 1.54) is 16.7 Å². The molecule has 184 valence electrons. The van der Waals surface area contributed by atoms with Gasteiger partial charge >= 0.3 is 5.97 Å². The van der Waals surface area contributed by atoms with Gasteiger partial charge in [-0.1, -0.05) is 13.8 Å². The van der Waals surface area contributed by atoms with Gasteiger partial charge in [0.15, 0.2) is 0 Å². The lowest BCUT2D eigenvalue weighted by Gasteiger charge is -2.29. The summed E-state index contributed by atoms with van der Waals surface area (Å²) in [6.07, 6.45) is 4.95. The SMILES string of the molecule is CSCCC(NC(=O)C(CCCCN)NC(=O)C(N)C(C)C)C(=O)N1CCCC1C(=O)O. The number of carbonyl (C=O) groups excluding carboxylic acids is 3. The Balaban J connectivity index is 2.96. The smallest absolute Gasteiger partial charge is 0.326 e. The Morgan fingerprint density at radius 1 is 1.09 bits per heavy atom. The first-order valence-corrected chi connectivity index (χ1v) is 12.6. The second-order valence-electron chi connectivity index (χ2n) is 8.49. The predicted molar refractivity (Wildman–Crippen MR) is 125 cm³/mol. The lowest BCUT2D eigenvalue weighted by Crippen LogP contribution is -2.57. The number of hydrogen-bond acceptors (Lipinski definition) is 7. The average Bonchev–Trinajstić information content (AvgIpc) is 3.24. The molecule has 7 N–H and O–H groups in total. The van der Waals surface area contributed by atoms with Gasteiger partial charge in [-0.3, -0.25) is 14.4 Å². The highest BCUT2D eigenvalue weighted by Gasteiger charge is 2.38. The molecule has 32 heavy (non-hydrogen) atoms. The van der Waals surface area contributed by atoms with Crippen LogP contribution in [-0.2, 0) is 19.2 Å². The number of rotatable bonds is 14. The zero-order chi connectivity index (χ0) is 24.3. The van der Waals surface area contributed by atoms with E-state index in [2.05, 4.69) is 10.6 Å². The number of nitrogens with one attached hydrogen (secondary N) is 2. The molecule has 1 heterocycles. The van der Waals surface area contributed by atoms with E-state index in [0.717, 1.165) is 0 Å². The maximum absolute atomic E-state index is 13.1. The molecule has 1 aliphatic heterocycles. The van der Waals surface area contributed by atoms with Gasteiger partial charge in [0.1, 0.15) is 18.1 Å². The van der Waals surface area contributed by atoms with Gasteiger partial charge in [-0.05, 0) is 63.0 Å². The van der Waals surface area contributed by atoms with Crippen LogP contribution in [0.3, 0.4) is 0 Å². The average molecular weight is 474 g/mol. The van der Waals surface area contributed by atoms with Crippen LogP contribution >= 0.6 is 11.8 Å². The van der Waals surface area contributed by atoms with E-state index < -0.39 is 47.9 Å². The Morgan fingerprint density at radius 2 is 1.75 bits per heavy atom. The van der Waals surface area contributed by atoms with Crippen molar-refractivity contribution in [1.82, 2.24) is 15.5 Å². The summed E-state index contributed by atoms with van der Waals surface area (Å²) < 4.78 is 0. The number of hydrogen-bond donors (Lipinski definition) is 5. The fraction of sp³-hybridized carbons (Fsp3) is 0.810. The van der Waals surface area contributed by atoms with Crippen molar-refractivity contribution in [2.45, 2.75) is 76.5 Å². The van der Waals surface area contributed by atoms with Gasteiger partial charge in [-0.15, -0.1) is 0 Å². The van der Waals surface area contributed by atoms with Crippen LogP contribution in [0.1, 0.15) is 52.4 Å². The summed E-state index contributed by atoms with van der Waals surface area (Å²) in [5.74, 6) is -1.82. The number of unbranched alkanes of at least 4 members (excludes halogenated alkanes) is 1. The fourth-order valence-corrected chi connectivity index (χ4v) is 4.06. The van der Waals surface area contributed by atoms with Crippen LogP contribution in [0.5, 0.6) is 0 Å². The van der Waals surface area contributed by atoms with Crippen molar-refractivity contribution in [2.24, 2.45) is 17.4 Å². The van der Waals surface area contributed by atoms with Crippen LogP contribution in [0.25, 0.3) is 0 Å². The van der Waals surface area contributed by atoms with Crippen LogP contribution in [0, 0.1) is 5.92 Å². The monoisotopic (exact) mass is 473 g/mol. The van der Waals surface area contributed by atoms with Gasteiger partial charge in [0.2, 0.25) is 17.7 Å². The van der Waals surface area contributed by atoms with Gasteiger partial charge in [0.25, 0.3) is 0 Å². The Bertz CT molecular complexity index is 648. The number of carboxylic acids is 1. The van der Waals surface area contributed by atoms with Crippen LogP contribution in [0.4, 0.5) is 0 Å². The summed E-state index contributed by atoms with van der Waals surface area (Å²) in [5.41, 5.74) is 11.5. The molecule has 1 rings (SSSR count). The molecule has 0 aromatic carbocycles. The molecular weight excluding hydrogens is 434 g/mol. The zero-order valence-electron chi connectivity index (χ0n) is 19.3. The Hall–Kier alpha value is -1.85. The molecule has 0 aromatic heterocycles. The van der Waals surface area contributed by atoms with Crippen molar-refractivity contribution in [3.05, 3.63) is 0 Å². The number of amides is 3. The Kier molecular flexibility index (Phi) is 12.6. The van der Waals surface area contributed by atoms with Crippen LogP contribution < -0.4 is 22.1 Å². The van der Waals surface area contributed by atoms with Crippen molar-refractivity contribution < 1.29 is 24.3 Å². The van der Waals surface area contributed by atoms with Gasteiger partial charge in [-0.2, -0.15) is 11.8 Å². The molecule has 0 radical (unpaired) electrons. The third-order valence-corrected chi connectivity index (χ3v) is 6.29. The van der Waals surface area contributed by atoms with Gasteiger partial charge in [0.05, 0.1) is 6.04 Å². The highest BCUT2D eigenvalue weighted by molar-refractivity contribution is 7.98. The first-order valence-electron chi connectivity index (χ1n) is 11.2. The summed E-state index contributed by atoms with van der Waals surface area (Å²) in [4.78, 5) is 51.5. The number of carbonyl (C=O) groups is 4. The van der Waals surface area contributed by atoms with Gasteiger partial charge in [0, 0.05) is 6.54 Å². The summed E-state index contributed by atoms with van der Waals surface area (Å²) in [6, 6.07) is -3.34. The second-order valence-corrected chi connectivity index (χ2v) is 9.47. The topological polar surface area (TPSA) is 168 Å². The molecule has 0 saturated carbocycles. The molecule has 10 nitrogen and oxygen atoms in total. The fourth-order valence-electron chi connectivity index (χ4n) is 3.59. The van der Waals surface area contributed by atoms with Gasteiger partial charge in [-0.25, -0.2) is 4.79 Å². The number of carboxylic acid groups (broad SMARTS) is 1. The molecule has 3 amide bonds. The first-order chi connectivity index (χ1) is 15.1. The summed E-state index contributed by atoms with van der Waals surface area (Å²) >= 11 is 1.53. The predicted octanol–water partition coefficient (Wildman–Crippen LogP) is -0.103. The van der Waals surface area contributed by atoms with Crippen molar-refractivity contribution in [1.29, 1.82) is 0 Å². The quantitative estimate of drug-likeness (QED) is 0.218. The number of aliphatic carboxylic acids is 1. The van der Waals surface area contributed by atoms with Gasteiger partial charge < -0.3 is 32.1 Å². The number of thioether (sulfide) groups is 1. The van der Waals surface area contributed by atoms with Crippen LogP contribution in [0.2, 0.25) is 0 Å². The number of nitrogens with zero attached hydrogens (tertiary/aromatic N) is 1. The molecule has 0 spiro atoms. The third-order valence-electron chi connectivity index (χ3n) is 5.65. The second kappa shape index (κ2) is 14.3. The molecule has 11 heteroatoms. The maximum Gasteiger partial charge on any atom is 0.326 e. The van der Waals surface area contributed by atoms with Crippen molar-refractivity contribution in [2.75, 3.05) is 25.1 Å². The van der Waals surface area contributed by atoms with E-state index in [-0.39, 0.29) is 5.92 Å². The molecule has 4 unspecified atom stereocenters. The molecular formula is C21H39N5O5S. The van der Waals surface area contributed by atoms with Crippen molar-refractivity contribution in [3.63, 3.8) is 0 Å². The van der Waals surface area contributed by atoms with E-state index in [1.807, 2.05) is 20.1 Å². The van der Waals surface area contributed by atoms with E-state index in [0.29, 0.717) is 57.4 Å². The molecule has 1 saturated heterocycles. The van der Waals surface area contributed by atoms with Crippen LogP contribution in [0.15, 0.2) is 0 Å². The summed E-state index contributed by atoms with van der Waals surface area (Å²) in [5, 5.41) is 14.9. The molecule has 0 bridgehead atoms. The van der Waals surface area contributed by atoms with Crippen molar-refractivity contribution >= 4 is 35.5 Å². The molecule has 1 fully saturated rings. The standard InChI is InChI=1S/C21H39N5O5S/c1-13(2)17(23)19(28)24-14(7-4-5-10-22)18(27)25-15(9-12-32-3)20(29)26-11-6-8-16(26)21(30)31/h13-17H,4-12,22-23H2,1-3H3,(H,24,28)(H,25,27)(H,30,31). The lowest BCUT2D eigenvalue weighted by molar-refractivity contribution is -0.149. The first kappa shape index (κ1) is 28.2. The maximum atomic E-state index is 13.1. The van der Waals surface area contributed by atoms with Crippen molar-refractivity contribution in [3.8, 4) is 0 Å². The molecule has 0 aliphatic carbocycles. The lowest BCUT2D eigenvalue weighted by atomic mass is 10.0. The van der Waals surface area contributed by atoms with Crippen LogP contribution in [-0.4, -0.2) is 83.0 Å². The van der Waals surface area contributed by atoms with E-state index >= 15 is 0 Å². The highest BCUT2D eigenvalue weighted by Crippen LogP contribution is 2.20. The van der Waals surface area contributed by atoms with E-state index in [4.69, 9.17) is 11.5 Å². The number of nitrogens with two attached hydrogens (primary N) is 2. The minimum atomic E-state index is -1.04. The summed E-state index contributed by atoms with van der Waals surface area (Å²) in [6.45, 7) is 4.45. The minimum Gasteiger partial charge on any atom is -0.480 e. The number of likely N-dealkylation sites (tertiary alicyclic amines) is 1. The Labute approximate surface area is 194 Å².